The third-order valence-electron chi connectivity index (χ3n) is 2.78. The van der Waals surface area contributed by atoms with Crippen molar-refractivity contribution < 1.29 is 17.9 Å². The molecule has 4 nitrogen and oxygen atoms in total. The van der Waals surface area contributed by atoms with E-state index < -0.39 is 18.8 Å². The minimum Gasteiger partial charge on any atom is -0.370 e. The van der Waals surface area contributed by atoms with Crippen LogP contribution >= 0.6 is 0 Å². The van der Waals surface area contributed by atoms with E-state index in [1.165, 1.54) is 0 Å². The van der Waals surface area contributed by atoms with E-state index in [1.807, 2.05) is 18.2 Å². The standard InChI is InChI=1S/C13H14F3N3O/c14-13(15,16)8-20-7-12(19-17)10-4-3-9-2-1-5-18-11(9)6-10/h1-6,12,19H,7-8,17H2. The lowest BCUT2D eigenvalue weighted by Gasteiger charge is -2.17. The van der Waals surface area contributed by atoms with Gasteiger partial charge in [0.1, 0.15) is 6.61 Å². The molecule has 1 heterocycles. The SMILES string of the molecule is NNC(COCC(F)(F)F)c1ccc2cccnc2c1. The van der Waals surface area contributed by atoms with Crippen molar-refractivity contribution in [2.75, 3.05) is 13.2 Å². The van der Waals surface area contributed by atoms with Crippen LogP contribution in [0.5, 0.6) is 0 Å². The van der Waals surface area contributed by atoms with Gasteiger partial charge in [-0.3, -0.25) is 16.3 Å². The second kappa shape index (κ2) is 6.17. The molecule has 20 heavy (non-hydrogen) atoms. The first-order valence-corrected chi connectivity index (χ1v) is 5.95. The topological polar surface area (TPSA) is 60.2 Å². The van der Waals surface area contributed by atoms with E-state index in [-0.39, 0.29) is 6.61 Å². The molecule has 1 unspecified atom stereocenters. The molecular weight excluding hydrogens is 271 g/mol. The molecule has 2 rings (SSSR count). The van der Waals surface area contributed by atoms with E-state index in [0.29, 0.717) is 0 Å². The summed E-state index contributed by atoms with van der Waals surface area (Å²) < 4.78 is 40.7. The summed E-state index contributed by atoms with van der Waals surface area (Å²) in [6.45, 7) is -1.47. The average Bonchev–Trinajstić information content (AvgIpc) is 2.42. The van der Waals surface area contributed by atoms with Crippen LogP contribution in [0.15, 0.2) is 36.5 Å². The number of benzene rings is 1. The highest BCUT2D eigenvalue weighted by Gasteiger charge is 2.28. The first kappa shape index (κ1) is 14.7. The lowest BCUT2D eigenvalue weighted by molar-refractivity contribution is -0.175. The first-order valence-electron chi connectivity index (χ1n) is 5.95. The Labute approximate surface area is 113 Å². The fourth-order valence-corrected chi connectivity index (χ4v) is 1.83. The zero-order valence-electron chi connectivity index (χ0n) is 10.5. The number of pyridine rings is 1. The van der Waals surface area contributed by atoms with Gasteiger partial charge in [-0.25, -0.2) is 0 Å². The number of alkyl halides is 3. The normalized spacial score (nSPS) is 13.6. The number of halogens is 3. The van der Waals surface area contributed by atoms with Gasteiger partial charge in [-0.05, 0) is 17.7 Å². The molecular formula is C13H14F3N3O. The number of nitrogens with two attached hydrogens (primary N) is 1. The highest BCUT2D eigenvalue weighted by atomic mass is 19.4. The van der Waals surface area contributed by atoms with Gasteiger partial charge in [-0.2, -0.15) is 13.2 Å². The summed E-state index contributed by atoms with van der Waals surface area (Å²) in [4.78, 5) is 4.19. The number of hydrogen-bond donors (Lipinski definition) is 2. The number of ether oxygens (including phenoxy) is 1. The van der Waals surface area contributed by atoms with Gasteiger partial charge >= 0.3 is 6.18 Å². The second-order valence-electron chi connectivity index (χ2n) is 4.31. The Morgan fingerprint density at radius 2 is 2.10 bits per heavy atom. The van der Waals surface area contributed by atoms with Crippen molar-refractivity contribution in [1.29, 1.82) is 0 Å². The van der Waals surface area contributed by atoms with Crippen molar-refractivity contribution in [1.82, 2.24) is 10.4 Å². The molecule has 1 aromatic carbocycles. The van der Waals surface area contributed by atoms with Crippen LogP contribution in [0.25, 0.3) is 10.9 Å². The highest BCUT2D eigenvalue weighted by molar-refractivity contribution is 5.78. The van der Waals surface area contributed by atoms with Crippen LogP contribution in [0.3, 0.4) is 0 Å². The number of nitrogens with zero attached hydrogens (tertiary/aromatic N) is 1. The molecule has 0 saturated heterocycles. The van der Waals surface area contributed by atoms with Crippen LogP contribution in [-0.4, -0.2) is 24.4 Å². The van der Waals surface area contributed by atoms with Crippen molar-refractivity contribution >= 4 is 10.9 Å². The summed E-state index contributed by atoms with van der Waals surface area (Å²) >= 11 is 0. The maximum atomic E-state index is 12.0. The van der Waals surface area contributed by atoms with Crippen molar-refractivity contribution in [2.24, 2.45) is 5.84 Å². The maximum absolute atomic E-state index is 12.0. The van der Waals surface area contributed by atoms with Gasteiger partial charge in [0, 0.05) is 11.6 Å². The van der Waals surface area contributed by atoms with Crippen molar-refractivity contribution in [3.8, 4) is 0 Å². The number of fused-ring (bicyclic) bond motifs is 1. The Bertz CT molecular complexity index is 574. The van der Waals surface area contributed by atoms with E-state index in [0.717, 1.165) is 16.5 Å². The fourth-order valence-electron chi connectivity index (χ4n) is 1.83. The summed E-state index contributed by atoms with van der Waals surface area (Å²) in [6.07, 6.45) is -2.69. The third kappa shape index (κ3) is 3.89. The summed E-state index contributed by atoms with van der Waals surface area (Å²) in [6, 6.07) is 8.59. The van der Waals surface area contributed by atoms with Crippen LogP contribution in [0.1, 0.15) is 11.6 Å². The monoisotopic (exact) mass is 285 g/mol. The van der Waals surface area contributed by atoms with E-state index in [1.54, 1.807) is 18.3 Å². The lowest BCUT2D eigenvalue weighted by Crippen LogP contribution is -2.32. The molecule has 0 aliphatic heterocycles. The van der Waals surface area contributed by atoms with Gasteiger partial charge < -0.3 is 4.74 Å². The summed E-state index contributed by atoms with van der Waals surface area (Å²) in [5.74, 6) is 5.37. The maximum Gasteiger partial charge on any atom is 0.411 e. The molecule has 2 aromatic rings. The molecule has 108 valence electrons. The van der Waals surface area contributed by atoms with Gasteiger partial charge in [0.2, 0.25) is 0 Å². The van der Waals surface area contributed by atoms with Crippen LogP contribution in [0.4, 0.5) is 13.2 Å². The minimum absolute atomic E-state index is 0.172. The van der Waals surface area contributed by atoms with Crippen LogP contribution < -0.4 is 11.3 Å². The zero-order valence-corrected chi connectivity index (χ0v) is 10.5. The van der Waals surface area contributed by atoms with E-state index in [2.05, 4.69) is 15.1 Å². The molecule has 0 fully saturated rings. The number of hydrogen-bond acceptors (Lipinski definition) is 4. The minimum atomic E-state index is -4.34. The van der Waals surface area contributed by atoms with Crippen LogP contribution in [0, 0.1) is 0 Å². The van der Waals surface area contributed by atoms with E-state index in [4.69, 9.17) is 5.84 Å². The highest BCUT2D eigenvalue weighted by Crippen LogP contribution is 2.20. The van der Waals surface area contributed by atoms with Crippen LogP contribution in [-0.2, 0) is 4.74 Å². The number of aromatic nitrogens is 1. The van der Waals surface area contributed by atoms with Gasteiger partial charge in [0.25, 0.3) is 0 Å². The summed E-state index contributed by atoms with van der Waals surface area (Å²) in [5, 5.41) is 0.947. The Kier molecular flexibility index (Phi) is 4.53. The van der Waals surface area contributed by atoms with Crippen molar-refractivity contribution in [3.63, 3.8) is 0 Å². The average molecular weight is 285 g/mol. The molecule has 0 aliphatic rings. The predicted octanol–water partition coefficient (Wildman–Crippen LogP) is 2.32. The lowest BCUT2D eigenvalue weighted by atomic mass is 10.1. The Morgan fingerprint density at radius 3 is 2.80 bits per heavy atom. The molecule has 0 aliphatic carbocycles. The molecule has 3 N–H and O–H groups in total. The van der Waals surface area contributed by atoms with Crippen molar-refractivity contribution in [3.05, 3.63) is 42.1 Å². The summed E-state index contributed by atoms with van der Waals surface area (Å²) in [5.41, 5.74) is 3.92. The molecule has 0 spiro atoms. The van der Waals surface area contributed by atoms with Gasteiger partial charge in [-0.15, -0.1) is 0 Å². The molecule has 0 bridgehead atoms. The number of rotatable bonds is 5. The predicted molar refractivity (Wildman–Crippen MR) is 68.7 cm³/mol. The Morgan fingerprint density at radius 1 is 1.30 bits per heavy atom. The van der Waals surface area contributed by atoms with Crippen molar-refractivity contribution in [2.45, 2.75) is 12.2 Å². The van der Waals surface area contributed by atoms with E-state index in [9.17, 15) is 13.2 Å². The Balaban J connectivity index is 2.09. The smallest absolute Gasteiger partial charge is 0.370 e. The molecule has 0 amide bonds. The zero-order chi connectivity index (χ0) is 14.6. The molecule has 7 heteroatoms. The fraction of sp³-hybridized carbons (Fsp3) is 0.308. The van der Waals surface area contributed by atoms with E-state index >= 15 is 0 Å². The van der Waals surface area contributed by atoms with Gasteiger partial charge in [0.15, 0.2) is 0 Å². The second-order valence-corrected chi connectivity index (χ2v) is 4.31. The van der Waals surface area contributed by atoms with Crippen LogP contribution in [0.2, 0.25) is 0 Å². The largest absolute Gasteiger partial charge is 0.411 e. The van der Waals surface area contributed by atoms with Gasteiger partial charge in [-0.1, -0.05) is 18.2 Å². The molecule has 0 radical (unpaired) electrons. The molecule has 1 atom stereocenters. The molecule has 0 saturated carbocycles. The first-order chi connectivity index (χ1) is 9.49. The summed E-state index contributed by atoms with van der Waals surface area (Å²) in [7, 11) is 0. The number of nitrogens with one attached hydrogen (secondary N) is 1. The van der Waals surface area contributed by atoms with Gasteiger partial charge in [0.05, 0.1) is 18.2 Å². The Hall–Kier alpha value is -1.70. The molecule has 1 aromatic heterocycles. The third-order valence-corrected chi connectivity index (χ3v) is 2.78. The number of hydrazine groups is 1. The quantitative estimate of drug-likeness (QED) is 0.654.